The van der Waals surface area contributed by atoms with Crippen molar-refractivity contribution >= 4 is 5.97 Å². The van der Waals surface area contributed by atoms with Gasteiger partial charge >= 0.3 is 5.97 Å². The molecule has 19 heavy (non-hydrogen) atoms. The summed E-state index contributed by atoms with van der Waals surface area (Å²) in [5, 5.41) is 0. The van der Waals surface area contributed by atoms with Crippen LogP contribution in [0.5, 0.6) is 5.75 Å². The van der Waals surface area contributed by atoms with Gasteiger partial charge in [0.1, 0.15) is 5.75 Å². The Morgan fingerprint density at radius 3 is 2.68 bits per heavy atom. The Balaban J connectivity index is 1.98. The van der Waals surface area contributed by atoms with Gasteiger partial charge < -0.3 is 9.47 Å². The number of aromatic nitrogens is 1. The second kappa shape index (κ2) is 5.50. The molecule has 1 aromatic rings. The van der Waals surface area contributed by atoms with Gasteiger partial charge in [-0.1, -0.05) is 0 Å². The first-order chi connectivity index (χ1) is 9.00. The Hall–Kier alpha value is -1.72. The first-order valence-corrected chi connectivity index (χ1v) is 6.08. The average molecular weight is 271 g/mol. The molecule has 0 atom stereocenters. The number of esters is 1. The van der Waals surface area contributed by atoms with E-state index >= 15 is 0 Å². The van der Waals surface area contributed by atoms with Crippen molar-refractivity contribution in [1.29, 1.82) is 0 Å². The van der Waals surface area contributed by atoms with Gasteiger partial charge in [0.25, 0.3) is 0 Å². The second-order valence-electron chi connectivity index (χ2n) is 4.57. The lowest BCUT2D eigenvalue weighted by Gasteiger charge is -2.28. The quantitative estimate of drug-likeness (QED) is 0.793. The van der Waals surface area contributed by atoms with Crippen molar-refractivity contribution in [2.45, 2.75) is 37.7 Å². The predicted molar refractivity (Wildman–Crippen MR) is 63.4 cm³/mol. The number of rotatable bonds is 3. The molecule has 0 spiro atoms. The van der Waals surface area contributed by atoms with Gasteiger partial charge in [-0.25, -0.2) is 13.6 Å². The van der Waals surface area contributed by atoms with Crippen LogP contribution in [-0.2, 0) is 4.74 Å². The van der Waals surface area contributed by atoms with E-state index in [4.69, 9.17) is 4.74 Å². The van der Waals surface area contributed by atoms with Crippen LogP contribution >= 0.6 is 0 Å². The lowest BCUT2D eigenvalue weighted by atomic mass is 9.94. The molecule has 1 aromatic heterocycles. The molecule has 104 valence electrons. The van der Waals surface area contributed by atoms with Crippen LogP contribution in [0.2, 0.25) is 0 Å². The van der Waals surface area contributed by atoms with Gasteiger partial charge in [-0.2, -0.15) is 0 Å². The summed E-state index contributed by atoms with van der Waals surface area (Å²) in [7, 11) is 1.28. The molecule has 0 unspecified atom stereocenters. The topological polar surface area (TPSA) is 48.4 Å². The van der Waals surface area contributed by atoms with Gasteiger partial charge in [0.15, 0.2) is 0 Å². The van der Waals surface area contributed by atoms with E-state index in [9.17, 15) is 13.6 Å². The summed E-state index contributed by atoms with van der Waals surface area (Å²) >= 11 is 0. The Kier molecular flexibility index (Phi) is 3.97. The van der Waals surface area contributed by atoms with Crippen LogP contribution < -0.4 is 4.74 Å². The van der Waals surface area contributed by atoms with E-state index in [1.807, 2.05) is 0 Å². The second-order valence-corrected chi connectivity index (χ2v) is 4.57. The van der Waals surface area contributed by atoms with Crippen molar-refractivity contribution in [2.75, 3.05) is 7.11 Å². The summed E-state index contributed by atoms with van der Waals surface area (Å²) in [6, 6.07) is 1.51. The lowest BCUT2D eigenvalue weighted by molar-refractivity contribution is -0.0582. The van der Waals surface area contributed by atoms with Crippen molar-refractivity contribution in [3.05, 3.63) is 24.0 Å². The highest BCUT2D eigenvalue weighted by molar-refractivity contribution is 5.89. The van der Waals surface area contributed by atoms with E-state index in [2.05, 4.69) is 9.72 Å². The minimum Gasteiger partial charge on any atom is -0.489 e. The van der Waals surface area contributed by atoms with Crippen molar-refractivity contribution in [2.24, 2.45) is 0 Å². The Morgan fingerprint density at radius 2 is 2.05 bits per heavy atom. The van der Waals surface area contributed by atoms with Crippen molar-refractivity contribution < 1.29 is 23.0 Å². The highest BCUT2D eigenvalue weighted by Gasteiger charge is 2.35. The molecule has 0 radical (unpaired) electrons. The van der Waals surface area contributed by atoms with Gasteiger partial charge in [0, 0.05) is 19.0 Å². The molecule has 0 amide bonds. The maximum absolute atomic E-state index is 13.0. The molecule has 1 saturated carbocycles. The van der Waals surface area contributed by atoms with Crippen LogP contribution in [0.1, 0.15) is 36.0 Å². The van der Waals surface area contributed by atoms with Crippen LogP contribution in [0.3, 0.4) is 0 Å². The van der Waals surface area contributed by atoms with E-state index in [1.54, 1.807) is 0 Å². The summed E-state index contributed by atoms with van der Waals surface area (Å²) in [5.41, 5.74) is 0.279. The Labute approximate surface area is 109 Å². The van der Waals surface area contributed by atoms with E-state index in [1.165, 1.54) is 25.6 Å². The molecule has 0 bridgehead atoms. The minimum absolute atomic E-state index is 0.165. The third-order valence-electron chi connectivity index (χ3n) is 3.10. The zero-order valence-electron chi connectivity index (χ0n) is 10.6. The predicted octanol–water partition coefficient (Wildman–Crippen LogP) is 2.82. The highest BCUT2D eigenvalue weighted by Crippen LogP contribution is 2.34. The van der Waals surface area contributed by atoms with Gasteiger partial charge in [0.05, 0.1) is 25.0 Å². The van der Waals surface area contributed by atoms with E-state index < -0.39 is 11.9 Å². The normalized spacial score (nSPS) is 18.9. The van der Waals surface area contributed by atoms with Crippen LogP contribution in [0, 0.1) is 0 Å². The van der Waals surface area contributed by atoms with Gasteiger partial charge in [-0.15, -0.1) is 0 Å². The standard InChI is InChI=1S/C13H15F2NO3/c1-18-12(17)9-6-11(8-16-7-9)19-10-2-4-13(14,15)5-3-10/h6-8,10H,2-5H2,1H3. The number of halogens is 2. The summed E-state index contributed by atoms with van der Waals surface area (Å²) in [6.45, 7) is 0. The SMILES string of the molecule is COC(=O)c1cncc(OC2CCC(F)(F)CC2)c1. The first kappa shape index (κ1) is 13.7. The molecule has 1 aliphatic rings. The number of nitrogens with zero attached hydrogens (tertiary/aromatic N) is 1. The zero-order valence-corrected chi connectivity index (χ0v) is 10.6. The maximum atomic E-state index is 13.0. The summed E-state index contributed by atoms with van der Waals surface area (Å²) in [5.74, 6) is -2.68. The van der Waals surface area contributed by atoms with Gasteiger partial charge in [-0.05, 0) is 18.9 Å². The zero-order chi connectivity index (χ0) is 13.9. The van der Waals surface area contributed by atoms with Crippen LogP contribution in [0.15, 0.2) is 18.5 Å². The average Bonchev–Trinajstić information content (AvgIpc) is 2.41. The van der Waals surface area contributed by atoms with Gasteiger partial charge in [-0.3, -0.25) is 4.98 Å². The number of pyridine rings is 1. The summed E-state index contributed by atoms with van der Waals surface area (Å²) in [6.07, 6.45) is 2.84. The molecular weight excluding hydrogens is 256 g/mol. The minimum atomic E-state index is -2.58. The smallest absolute Gasteiger partial charge is 0.339 e. The molecule has 2 rings (SSSR count). The molecular formula is C13H15F2NO3. The number of hydrogen-bond donors (Lipinski definition) is 0. The molecule has 1 aliphatic carbocycles. The van der Waals surface area contributed by atoms with Crippen molar-refractivity contribution in [1.82, 2.24) is 4.98 Å². The molecule has 6 heteroatoms. The van der Waals surface area contributed by atoms with Crippen molar-refractivity contribution in [3.63, 3.8) is 0 Å². The molecule has 1 fully saturated rings. The van der Waals surface area contributed by atoms with Crippen molar-refractivity contribution in [3.8, 4) is 5.75 Å². The highest BCUT2D eigenvalue weighted by atomic mass is 19.3. The third-order valence-corrected chi connectivity index (χ3v) is 3.10. The maximum Gasteiger partial charge on any atom is 0.339 e. The largest absolute Gasteiger partial charge is 0.489 e. The monoisotopic (exact) mass is 271 g/mol. The number of methoxy groups -OCH3 is 1. The van der Waals surface area contributed by atoms with Gasteiger partial charge in [0.2, 0.25) is 5.92 Å². The fourth-order valence-electron chi connectivity index (χ4n) is 2.04. The van der Waals surface area contributed by atoms with E-state index in [-0.39, 0.29) is 24.5 Å². The number of carbonyl (C=O) groups excluding carboxylic acids is 1. The summed E-state index contributed by atoms with van der Waals surface area (Å²) in [4.78, 5) is 15.2. The fraction of sp³-hybridized carbons (Fsp3) is 0.538. The molecule has 1 heterocycles. The molecule has 0 N–H and O–H groups in total. The molecule has 0 saturated heterocycles. The Morgan fingerprint density at radius 1 is 1.37 bits per heavy atom. The summed E-state index contributed by atoms with van der Waals surface area (Å²) < 4.78 is 36.2. The number of carbonyl (C=O) groups is 1. The number of alkyl halides is 2. The number of hydrogen-bond acceptors (Lipinski definition) is 4. The van der Waals surface area contributed by atoms with Crippen LogP contribution in [0.25, 0.3) is 0 Å². The van der Waals surface area contributed by atoms with E-state index in [0.717, 1.165) is 0 Å². The van der Waals surface area contributed by atoms with E-state index in [0.29, 0.717) is 18.6 Å². The first-order valence-electron chi connectivity index (χ1n) is 6.08. The van der Waals surface area contributed by atoms with Crippen LogP contribution in [0.4, 0.5) is 8.78 Å². The molecule has 0 aromatic carbocycles. The van der Waals surface area contributed by atoms with Crippen LogP contribution in [-0.4, -0.2) is 30.1 Å². The number of ether oxygens (including phenoxy) is 2. The fourth-order valence-corrected chi connectivity index (χ4v) is 2.04. The Bertz CT molecular complexity index is 455. The third kappa shape index (κ3) is 3.62. The lowest BCUT2D eigenvalue weighted by Crippen LogP contribution is -2.30. The molecule has 4 nitrogen and oxygen atoms in total. The molecule has 0 aliphatic heterocycles.